The average molecular weight is 380 g/mol. The van der Waals surface area contributed by atoms with Crippen molar-refractivity contribution in [3.63, 3.8) is 0 Å². The Balaban J connectivity index is 1.66. The second-order valence-electron chi connectivity index (χ2n) is 6.27. The molecule has 4 rings (SSSR count). The zero-order valence-electron chi connectivity index (χ0n) is 14.6. The lowest BCUT2D eigenvalue weighted by Crippen LogP contribution is -2.05. The number of hydrogen-bond acceptors (Lipinski definition) is 4. The molecule has 140 valence electrons. The molecule has 0 aliphatic carbocycles. The SMILES string of the molecule is FC(F)(F)c1ccc(Nc2nnc(Cc3ccncc3)c3ccccc23)cc1. The number of rotatable bonds is 4. The lowest BCUT2D eigenvalue weighted by molar-refractivity contribution is -0.137. The fraction of sp³-hybridized carbons (Fsp3) is 0.0952. The van der Waals surface area contributed by atoms with Crippen molar-refractivity contribution in [3.05, 3.63) is 89.9 Å². The van der Waals surface area contributed by atoms with Crippen LogP contribution in [0, 0.1) is 0 Å². The van der Waals surface area contributed by atoms with Gasteiger partial charge in [0.05, 0.1) is 11.3 Å². The van der Waals surface area contributed by atoms with E-state index in [1.54, 1.807) is 12.4 Å². The van der Waals surface area contributed by atoms with Gasteiger partial charge in [0.1, 0.15) is 0 Å². The Bertz CT molecular complexity index is 1090. The molecule has 1 N–H and O–H groups in total. The van der Waals surface area contributed by atoms with Gasteiger partial charge in [0.15, 0.2) is 5.82 Å². The molecule has 2 heterocycles. The van der Waals surface area contributed by atoms with Gasteiger partial charge in [-0.25, -0.2) is 0 Å². The Hall–Kier alpha value is -3.48. The molecule has 0 atom stereocenters. The van der Waals surface area contributed by atoms with Crippen LogP contribution in [0.1, 0.15) is 16.8 Å². The molecular weight excluding hydrogens is 365 g/mol. The number of aromatic nitrogens is 3. The minimum atomic E-state index is -4.36. The van der Waals surface area contributed by atoms with Gasteiger partial charge in [0.25, 0.3) is 0 Å². The number of nitrogens with one attached hydrogen (secondary N) is 1. The van der Waals surface area contributed by atoms with E-state index in [0.717, 1.165) is 34.2 Å². The van der Waals surface area contributed by atoms with Gasteiger partial charge in [0, 0.05) is 35.3 Å². The van der Waals surface area contributed by atoms with Crippen LogP contribution < -0.4 is 5.32 Å². The van der Waals surface area contributed by atoms with E-state index < -0.39 is 11.7 Å². The van der Waals surface area contributed by atoms with Gasteiger partial charge in [-0.3, -0.25) is 4.98 Å². The van der Waals surface area contributed by atoms with E-state index in [1.165, 1.54) is 12.1 Å². The number of nitrogens with zero attached hydrogens (tertiary/aromatic N) is 3. The van der Waals surface area contributed by atoms with Crippen molar-refractivity contribution >= 4 is 22.3 Å². The Kier molecular flexibility index (Phi) is 4.65. The highest BCUT2D eigenvalue weighted by Crippen LogP contribution is 2.31. The zero-order valence-corrected chi connectivity index (χ0v) is 14.6. The Morgan fingerprint density at radius 2 is 1.46 bits per heavy atom. The van der Waals surface area contributed by atoms with Crippen LogP contribution >= 0.6 is 0 Å². The fourth-order valence-corrected chi connectivity index (χ4v) is 2.96. The van der Waals surface area contributed by atoms with Gasteiger partial charge in [0.2, 0.25) is 0 Å². The predicted molar refractivity (Wildman–Crippen MR) is 101 cm³/mol. The van der Waals surface area contributed by atoms with Crippen LogP contribution in [0.15, 0.2) is 73.1 Å². The first-order chi connectivity index (χ1) is 13.5. The molecular formula is C21H15F3N4. The van der Waals surface area contributed by atoms with Gasteiger partial charge in [-0.2, -0.15) is 18.3 Å². The molecule has 0 aliphatic rings. The quantitative estimate of drug-likeness (QED) is 0.517. The molecule has 0 spiro atoms. The van der Waals surface area contributed by atoms with Gasteiger partial charge in [-0.15, -0.1) is 5.10 Å². The summed E-state index contributed by atoms with van der Waals surface area (Å²) < 4.78 is 38.2. The van der Waals surface area contributed by atoms with Gasteiger partial charge >= 0.3 is 6.18 Å². The second-order valence-corrected chi connectivity index (χ2v) is 6.27. The summed E-state index contributed by atoms with van der Waals surface area (Å²) in [5.41, 5.74) is 1.70. The molecule has 0 aliphatic heterocycles. The molecule has 0 saturated heterocycles. The number of alkyl halides is 3. The van der Waals surface area contributed by atoms with Crippen molar-refractivity contribution in [2.75, 3.05) is 5.32 Å². The lowest BCUT2D eigenvalue weighted by Gasteiger charge is -2.12. The van der Waals surface area contributed by atoms with Gasteiger partial charge in [-0.05, 0) is 42.0 Å². The van der Waals surface area contributed by atoms with Crippen LogP contribution in [0.5, 0.6) is 0 Å². The van der Waals surface area contributed by atoms with Crippen molar-refractivity contribution in [2.24, 2.45) is 0 Å². The van der Waals surface area contributed by atoms with E-state index >= 15 is 0 Å². The molecule has 0 radical (unpaired) electrons. The van der Waals surface area contributed by atoms with Crippen LogP contribution in [0.2, 0.25) is 0 Å². The second kappa shape index (κ2) is 7.26. The number of anilines is 2. The standard InChI is InChI=1S/C21H15F3N4/c22-21(23,24)15-5-7-16(8-6-15)26-20-18-4-2-1-3-17(18)19(27-28-20)13-14-9-11-25-12-10-14/h1-12H,13H2,(H,26,28). The Morgan fingerprint density at radius 3 is 2.14 bits per heavy atom. The summed E-state index contributed by atoms with van der Waals surface area (Å²) in [4.78, 5) is 4.02. The smallest absolute Gasteiger partial charge is 0.338 e. The summed E-state index contributed by atoms with van der Waals surface area (Å²) in [6, 6.07) is 16.3. The first kappa shape index (κ1) is 17.9. The van der Waals surface area contributed by atoms with Gasteiger partial charge < -0.3 is 5.32 Å². The third kappa shape index (κ3) is 3.78. The summed E-state index contributed by atoms with van der Waals surface area (Å²) >= 11 is 0. The largest absolute Gasteiger partial charge is 0.416 e. The minimum Gasteiger partial charge on any atom is -0.338 e. The molecule has 7 heteroatoms. The number of benzene rings is 2. The number of hydrogen-bond donors (Lipinski definition) is 1. The van der Waals surface area contributed by atoms with E-state index in [4.69, 9.17) is 0 Å². The summed E-state index contributed by atoms with van der Waals surface area (Å²) in [5, 5.41) is 13.5. The molecule has 4 nitrogen and oxygen atoms in total. The molecule has 0 bridgehead atoms. The third-order valence-electron chi connectivity index (χ3n) is 4.36. The maximum atomic E-state index is 12.7. The normalized spacial score (nSPS) is 11.5. The highest BCUT2D eigenvalue weighted by molar-refractivity contribution is 5.94. The molecule has 0 saturated carbocycles. The highest BCUT2D eigenvalue weighted by Gasteiger charge is 2.29. The topological polar surface area (TPSA) is 50.7 Å². The van der Waals surface area contributed by atoms with Crippen LogP contribution in [0.4, 0.5) is 24.7 Å². The van der Waals surface area contributed by atoms with E-state index in [2.05, 4.69) is 20.5 Å². The summed E-state index contributed by atoms with van der Waals surface area (Å²) in [6.45, 7) is 0. The van der Waals surface area contributed by atoms with Crippen LogP contribution in [-0.2, 0) is 12.6 Å². The summed E-state index contributed by atoms with van der Waals surface area (Å²) in [7, 11) is 0. The molecule has 4 aromatic rings. The monoisotopic (exact) mass is 380 g/mol. The van der Waals surface area contributed by atoms with Crippen molar-refractivity contribution in [1.82, 2.24) is 15.2 Å². The molecule has 0 unspecified atom stereocenters. The Morgan fingerprint density at radius 1 is 0.786 bits per heavy atom. The number of fused-ring (bicyclic) bond motifs is 1. The van der Waals surface area contributed by atoms with Gasteiger partial charge in [-0.1, -0.05) is 24.3 Å². The van der Waals surface area contributed by atoms with E-state index in [0.29, 0.717) is 17.9 Å². The summed E-state index contributed by atoms with van der Waals surface area (Å²) in [6.07, 6.45) is -0.298. The van der Waals surface area contributed by atoms with Crippen molar-refractivity contribution < 1.29 is 13.2 Å². The zero-order chi connectivity index (χ0) is 19.6. The number of halogens is 3. The van der Waals surface area contributed by atoms with E-state index in [1.807, 2.05) is 36.4 Å². The molecule has 0 amide bonds. The number of pyridine rings is 1. The third-order valence-corrected chi connectivity index (χ3v) is 4.36. The van der Waals surface area contributed by atoms with Crippen LogP contribution in [0.25, 0.3) is 10.8 Å². The Labute approximate surface area is 159 Å². The first-order valence-corrected chi connectivity index (χ1v) is 8.58. The van der Waals surface area contributed by atoms with Crippen LogP contribution in [-0.4, -0.2) is 15.2 Å². The maximum absolute atomic E-state index is 12.7. The predicted octanol–water partition coefficient (Wildman–Crippen LogP) is 5.38. The fourth-order valence-electron chi connectivity index (χ4n) is 2.96. The molecule has 0 fully saturated rings. The summed E-state index contributed by atoms with van der Waals surface area (Å²) in [5.74, 6) is 0.494. The van der Waals surface area contributed by atoms with E-state index in [-0.39, 0.29) is 0 Å². The van der Waals surface area contributed by atoms with Crippen molar-refractivity contribution in [2.45, 2.75) is 12.6 Å². The average Bonchev–Trinajstić information content (AvgIpc) is 2.70. The lowest BCUT2D eigenvalue weighted by atomic mass is 10.0. The van der Waals surface area contributed by atoms with Crippen molar-refractivity contribution in [1.29, 1.82) is 0 Å². The van der Waals surface area contributed by atoms with Crippen LogP contribution in [0.3, 0.4) is 0 Å². The molecule has 28 heavy (non-hydrogen) atoms. The maximum Gasteiger partial charge on any atom is 0.416 e. The van der Waals surface area contributed by atoms with Crippen molar-refractivity contribution in [3.8, 4) is 0 Å². The molecule has 2 aromatic carbocycles. The first-order valence-electron chi connectivity index (χ1n) is 8.58. The molecule has 2 aromatic heterocycles. The minimum absolute atomic E-state index is 0.494. The highest BCUT2D eigenvalue weighted by atomic mass is 19.4. The van der Waals surface area contributed by atoms with E-state index in [9.17, 15) is 13.2 Å².